The number of nitrogens with zero attached hydrogens (tertiary/aromatic N) is 2. The van der Waals surface area contributed by atoms with Gasteiger partial charge in [0, 0.05) is 29.2 Å². The summed E-state index contributed by atoms with van der Waals surface area (Å²) in [5, 5.41) is 7.62. The maximum atomic E-state index is 5.47. The van der Waals surface area contributed by atoms with Gasteiger partial charge >= 0.3 is 0 Å². The Bertz CT molecular complexity index is 768. The number of aryl methyl sites for hydroxylation is 1. The molecule has 1 heterocycles. The van der Waals surface area contributed by atoms with Gasteiger partial charge < -0.3 is 24.8 Å². The molecule has 0 fully saturated rings. The molecular formula is C19H29IN4O3S. The van der Waals surface area contributed by atoms with E-state index in [9.17, 15) is 0 Å². The Morgan fingerprint density at radius 2 is 1.71 bits per heavy atom. The molecule has 156 valence electrons. The zero-order valence-electron chi connectivity index (χ0n) is 17.0. The predicted molar refractivity (Wildman–Crippen MR) is 125 cm³/mol. The third-order valence-electron chi connectivity index (χ3n) is 3.90. The van der Waals surface area contributed by atoms with Gasteiger partial charge in [0.15, 0.2) is 17.5 Å². The molecule has 0 aliphatic rings. The molecule has 0 saturated carbocycles. The molecule has 1 aromatic carbocycles. The van der Waals surface area contributed by atoms with E-state index in [1.807, 2.05) is 25.3 Å². The van der Waals surface area contributed by atoms with Crippen molar-refractivity contribution in [3.63, 3.8) is 0 Å². The van der Waals surface area contributed by atoms with Gasteiger partial charge in [0.2, 0.25) is 0 Å². The van der Waals surface area contributed by atoms with E-state index in [4.69, 9.17) is 14.2 Å². The number of hydrogen-bond acceptors (Lipinski definition) is 6. The van der Waals surface area contributed by atoms with Gasteiger partial charge in [-0.3, -0.25) is 0 Å². The van der Waals surface area contributed by atoms with Crippen LogP contribution in [0.2, 0.25) is 0 Å². The molecule has 2 aromatic rings. The number of nitrogens with one attached hydrogen (secondary N) is 2. The van der Waals surface area contributed by atoms with Crippen LogP contribution in [0.5, 0.6) is 17.2 Å². The summed E-state index contributed by atoms with van der Waals surface area (Å²) in [5.41, 5.74) is 0.912. The number of ether oxygens (including phenoxy) is 3. The molecule has 0 amide bonds. The van der Waals surface area contributed by atoms with Crippen LogP contribution in [0.4, 0.5) is 0 Å². The van der Waals surface area contributed by atoms with Crippen LogP contribution in [0.1, 0.15) is 29.3 Å². The lowest BCUT2D eigenvalue weighted by atomic mass is 10.1. The first kappa shape index (κ1) is 24.3. The Morgan fingerprint density at radius 3 is 2.29 bits per heavy atom. The third-order valence-corrected chi connectivity index (χ3v) is 5.04. The summed E-state index contributed by atoms with van der Waals surface area (Å²) < 4.78 is 16.2. The van der Waals surface area contributed by atoms with Crippen LogP contribution in [0.3, 0.4) is 0 Å². The molecule has 2 rings (SSSR count). The molecule has 0 aliphatic carbocycles. The second kappa shape index (κ2) is 12.7. The summed E-state index contributed by atoms with van der Waals surface area (Å²) in [7, 11) is 4.85. The molecule has 28 heavy (non-hydrogen) atoms. The Balaban J connectivity index is 0.00000392. The number of aliphatic imine (C=N–C) groups is 1. The number of benzene rings is 1. The van der Waals surface area contributed by atoms with Crippen molar-refractivity contribution in [1.82, 2.24) is 15.6 Å². The van der Waals surface area contributed by atoms with E-state index in [-0.39, 0.29) is 24.0 Å². The first-order chi connectivity index (χ1) is 13.1. The number of halogens is 1. The Kier molecular flexibility index (Phi) is 11.0. The quantitative estimate of drug-likeness (QED) is 0.299. The monoisotopic (exact) mass is 520 g/mol. The Labute approximate surface area is 187 Å². The first-order valence-electron chi connectivity index (χ1n) is 8.89. The first-order valence-corrected chi connectivity index (χ1v) is 9.71. The highest BCUT2D eigenvalue weighted by Gasteiger charge is 2.12. The smallest absolute Gasteiger partial charge is 0.191 e. The highest BCUT2D eigenvalue weighted by molar-refractivity contribution is 14.0. The van der Waals surface area contributed by atoms with Gasteiger partial charge in [-0.2, -0.15) is 0 Å². The zero-order chi connectivity index (χ0) is 19.6. The number of hydrogen-bond donors (Lipinski definition) is 2. The minimum Gasteiger partial charge on any atom is -0.496 e. The van der Waals surface area contributed by atoms with Crippen LogP contribution in [0.15, 0.2) is 23.3 Å². The van der Waals surface area contributed by atoms with Crippen LogP contribution in [0, 0.1) is 0 Å². The summed E-state index contributed by atoms with van der Waals surface area (Å²) >= 11 is 1.72. The fourth-order valence-electron chi connectivity index (χ4n) is 2.47. The van der Waals surface area contributed by atoms with Crippen molar-refractivity contribution in [1.29, 1.82) is 0 Å². The van der Waals surface area contributed by atoms with Gasteiger partial charge in [0.1, 0.15) is 10.8 Å². The molecule has 1 aromatic heterocycles. The molecule has 0 aliphatic heterocycles. The number of thiazole rings is 1. The second-order valence-electron chi connectivity index (χ2n) is 5.64. The summed E-state index contributed by atoms with van der Waals surface area (Å²) in [6.45, 7) is 6.02. The average molecular weight is 520 g/mol. The Hall–Kier alpha value is -1.75. The van der Waals surface area contributed by atoms with Crippen molar-refractivity contribution in [2.75, 3.05) is 27.9 Å². The van der Waals surface area contributed by atoms with Crippen molar-refractivity contribution in [3.05, 3.63) is 33.8 Å². The minimum absolute atomic E-state index is 0. The predicted octanol–water partition coefficient (Wildman–Crippen LogP) is 3.60. The molecule has 0 saturated heterocycles. The van der Waals surface area contributed by atoms with E-state index >= 15 is 0 Å². The fraction of sp³-hybridized carbons (Fsp3) is 0.474. The van der Waals surface area contributed by atoms with Crippen molar-refractivity contribution in [2.24, 2.45) is 4.99 Å². The van der Waals surface area contributed by atoms with Crippen LogP contribution in [-0.2, 0) is 19.5 Å². The largest absolute Gasteiger partial charge is 0.496 e. The van der Waals surface area contributed by atoms with E-state index in [0.717, 1.165) is 29.5 Å². The van der Waals surface area contributed by atoms with Crippen molar-refractivity contribution in [3.8, 4) is 17.2 Å². The van der Waals surface area contributed by atoms with E-state index in [1.165, 1.54) is 4.88 Å². The fourth-order valence-corrected chi connectivity index (χ4v) is 3.28. The van der Waals surface area contributed by atoms with Crippen LogP contribution >= 0.6 is 35.3 Å². The molecule has 2 N–H and O–H groups in total. The second-order valence-corrected chi connectivity index (χ2v) is 6.84. The topological polar surface area (TPSA) is 77.0 Å². The van der Waals surface area contributed by atoms with Gasteiger partial charge in [-0.15, -0.1) is 35.3 Å². The van der Waals surface area contributed by atoms with Gasteiger partial charge in [-0.1, -0.05) is 6.92 Å². The van der Waals surface area contributed by atoms with Crippen LogP contribution in [-0.4, -0.2) is 38.8 Å². The highest BCUT2D eigenvalue weighted by Crippen LogP contribution is 2.34. The van der Waals surface area contributed by atoms with Crippen LogP contribution < -0.4 is 24.8 Å². The van der Waals surface area contributed by atoms with Crippen LogP contribution in [0.25, 0.3) is 0 Å². The molecule has 7 nitrogen and oxygen atoms in total. The van der Waals surface area contributed by atoms with E-state index in [2.05, 4.69) is 27.5 Å². The number of rotatable bonds is 9. The normalized spacial score (nSPS) is 10.8. The summed E-state index contributed by atoms with van der Waals surface area (Å²) in [5.74, 6) is 2.71. The summed E-state index contributed by atoms with van der Waals surface area (Å²) in [6.07, 6.45) is 2.94. The van der Waals surface area contributed by atoms with E-state index < -0.39 is 0 Å². The maximum absolute atomic E-state index is 5.47. The number of aromatic nitrogens is 1. The molecule has 0 unspecified atom stereocenters. The van der Waals surface area contributed by atoms with Gasteiger partial charge in [-0.25, -0.2) is 9.98 Å². The average Bonchev–Trinajstić information content (AvgIpc) is 3.17. The van der Waals surface area contributed by atoms with Gasteiger partial charge in [0.25, 0.3) is 0 Å². The highest BCUT2D eigenvalue weighted by atomic mass is 127. The number of guanidine groups is 1. The molecule has 0 atom stereocenters. The molecule has 0 spiro atoms. The van der Waals surface area contributed by atoms with Crippen molar-refractivity contribution in [2.45, 2.75) is 33.4 Å². The SMILES string of the molecule is CCNC(=NCc1cc(OC)c(OC)cc1OC)NCc1ncc(CC)s1.I. The maximum Gasteiger partial charge on any atom is 0.191 e. The molecule has 0 radical (unpaired) electrons. The lowest BCUT2D eigenvalue weighted by Crippen LogP contribution is -2.36. The standard InChI is InChI=1S/C19H28N4O3S.HI/c1-6-14-11-21-18(27-14)12-23-19(20-7-2)22-10-13-8-16(25-4)17(26-5)9-15(13)24-3;/h8-9,11H,6-7,10,12H2,1-5H3,(H2,20,22,23);1H. The zero-order valence-corrected chi connectivity index (χ0v) is 20.1. The van der Waals surface area contributed by atoms with Gasteiger partial charge in [-0.05, 0) is 19.4 Å². The van der Waals surface area contributed by atoms with Gasteiger partial charge in [0.05, 0.1) is 34.4 Å². The minimum atomic E-state index is 0. The van der Waals surface area contributed by atoms with E-state index in [0.29, 0.717) is 30.3 Å². The van der Waals surface area contributed by atoms with Crippen molar-refractivity contribution >= 4 is 41.3 Å². The van der Waals surface area contributed by atoms with Crippen molar-refractivity contribution < 1.29 is 14.2 Å². The lowest BCUT2D eigenvalue weighted by Gasteiger charge is -2.14. The molecule has 0 bridgehead atoms. The van der Waals surface area contributed by atoms with E-state index in [1.54, 1.807) is 32.7 Å². The molecular weight excluding hydrogens is 491 g/mol. The molecule has 9 heteroatoms. The number of methoxy groups -OCH3 is 3. The third kappa shape index (κ3) is 6.69. The summed E-state index contributed by atoms with van der Waals surface area (Å²) in [4.78, 5) is 10.4. The Morgan fingerprint density at radius 1 is 1.04 bits per heavy atom. The lowest BCUT2D eigenvalue weighted by molar-refractivity contribution is 0.347. The summed E-state index contributed by atoms with van der Waals surface area (Å²) in [6, 6.07) is 3.70.